The first-order valence-corrected chi connectivity index (χ1v) is 11.7. The monoisotopic (exact) mass is 436 g/mol. The van der Waals surface area contributed by atoms with Gasteiger partial charge in [-0.05, 0) is 62.5 Å². The maximum Gasteiger partial charge on any atom is 0.184 e. The lowest BCUT2D eigenvalue weighted by Gasteiger charge is -2.36. The van der Waals surface area contributed by atoms with Crippen molar-refractivity contribution >= 4 is 18.8 Å². The molecule has 1 aliphatic heterocycles. The van der Waals surface area contributed by atoms with E-state index in [1.165, 1.54) is 11.1 Å². The Kier molecular flexibility index (Phi) is 9.96. The molecule has 2 rings (SSSR count). The molecule has 2 aliphatic rings. The Balaban J connectivity index is 1.87. The van der Waals surface area contributed by atoms with Gasteiger partial charge < -0.3 is 9.84 Å². The van der Waals surface area contributed by atoms with Crippen LogP contribution in [-0.4, -0.2) is 43.5 Å². The minimum atomic E-state index is -0.0935. The average Bonchev–Trinajstić information content (AvgIpc) is 2.76. The van der Waals surface area contributed by atoms with Crippen molar-refractivity contribution in [3.63, 3.8) is 0 Å². The van der Waals surface area contributed by atoms with Crippen LogP contribution in [-0.2, 0) is 9.53 Å². The van der Waals surface area contributed by atoms with Crippen molar-refractivity contribution in [2.24, 2.45) is 16.3 Å². The summed E-state index contributed by atoms with van der Waals surface area (Å²) in [5.74, 6) is 3.17. The van der Waals surface area contributed by atoms with Crippen LogP contribution in [0.1, 0.15) is 66.2 Å². The van der Waals surface area contributed by atoms with Gasteiger partial charge in [-0.25, -0.2) is 0 Å². The third-order valence-corrected chi connectivity index (χ3v) is 6.52. The number of methoxy groups -OCH3 is 1. The van der Waals surface area contributed by atoms with Crippen LogP contribution in [0.2, 0.25) is 0 Å². The minimum Gasteiger partial charge on any atom is -0.498 e. The fraction of sp³-hybridized carbons (Fsp3) is 0.556. The molecule has 0 aromatic carbocycles. The normalized spacial score (nSPS) is 22.1. The summed E-state index contributed by atoms with van der Waals surface area (Å²) in [5, 5.41) is 9.48. The number of nitrogens with zero attached hydrogens (tertiary/aromatic N) is 1. The Bertz CT molecular complexity index is 845. The largest absolute Gasteiger partial charge is 0.498 e. The van der Waals surface area contributed by atoms with Crippen LogP contribution < -0.4 is 0 Å². The molecule has 0 fully saturated rings. The number of rotatable bonds is 11. The molecule has 0 aromatic rings. The molecule has 1 N–H and O–H groups in total. The highest BCUT2D eigenvalue weighted by Gasteiger charge is 2.32. The molecular formula is C27H39BNO3. The third-order valence-electron chi connectivity index (χ3n) is 6.52. The van der Waals surface area contributed by atoms with E-state index < -0.39 is 0 Å². The number of allylic oxidation sites excluding steroid dienone is 5. The van der Waals surface area contributed by atoms with Crippen LogP contribution in [0.5, 0.6) is 0 Å². The van der Waals surface area contributed by atoms with Crippen molar-refractivity contribution in [2.45, 2.75) is 72.2 Å². The molecule has 2 unspecified atom stereocenters. The zero-order chi connectivity index (χ0) is 23.7. The molecule has 4 nitrogen and oxygen atoms in total. The van der Waals surface area contributed by atoms with Gasteiger partial charge in [0.1, 0.15) is 5.76 Å². The molecule has 0 bridgehead atoms. The van der Waals surface area contributed by atoms with Gasteiger partial charge in [0.2, 0.25) is 0 Å². The second-order valence-corrected chi connectivity index (χ2v) is 9.49. The van der Waals surface area contributed by atoms with Gasteiger partial charge in [0.25, 0.3) is 0 Å². The number of aliphatic hydroxyl groups is 1. The summed E-state index contributed by atoms with van der Waals surface area (Å²) in [6.07, 6.45) is 13.5. The number of hydrogen-bond acceptors (Lipinski definition) is 4. The van der Waals surface area contributed by atoms with E-state index in [2.05, 4.69) is 38.4 Å². The Morgan fingerprint density at radius 1 is 1.47 bits per heavy atom. The highest BCUT2D eigenvalue weighted by Crippen LogP contribution is 2.42. The number of carbonyl (C=O) groups excluding carboxylic acids is 1. The Hall–Kier alpha value is -2.14. The van der Waals surface area contributed by atoms with Crippen molar-refractivity contribution in [2.75, 3.05) is 13.7 Å². The maximum atomic E-state index is 12.0. The molecule has 5 heteroatoms. The van der Waals surface area contributed by atoms with Crippen molar-refractivity contribution in [1.29, 1.82) is 0 Å². The van der Waals surface area contributed by atoms with E-state index in [0.717, 1.165) is 43.4 Å². The van der Waals surface area contributed by atoms with Gasteiger partial charge in [0.05, 0.1) is 13.7 Å². The van der Waals surface area contributed by atoms with Crippen LogP contribution in [0, 0.1) is 11.3 Å². The summed E-state index contributed by atoms with van der Waals surface area (Å²) >= 11 is 0. The van der Waals surface area contributed by atoms with Crippen LogP contribution in [0.3, 0.4) is 0 Å². The molecule has 0 saturated carbocycles. The van der Waals surface area contributed by atoms with E-state index in [4.69, 9.17) is 4.74 Å². The molecule has 0 spiro atoms. The SMILES string of the molecule is C=C(C/C=C\C(C)=NC1[B]C=C(OC)C(CO)=C1)CCC(CC)C1=CC(=O)CCC1(C)C. The second-order valence-electron chi connectivity index (χ2n) is 9.49. The molecule has 0 saturated heterocycles. The zero-order valence-corrected chi connectivity index (χ0v) is 20.5. The van der Waals surface area contributed by atoms with Crippen molar-refractivity contribution in [3.8, 4) is 0 Å². The first kappa shape index (κ1) is 26.1. The summed E-state index contributed by atoms with van der Waals surface area (Å²) in [6, 6.07) is 0. The van der Waals surface area contributed by atoms with E-state index in [9.17, 15) is 9.90 Å². The summed E-state index contributed by atoms with van der Waals surface area (Å²) < 4.78 is 5.25. The van der Waals surface area contributed by atoms with E-state index in [1.807, 2.05) is 38.4 Å². The summed E-state index contributed by atoms with van der Waals surface area (Å²) in [5.41, 5.74) is 4.33. The van der Waals surface area contributed by atoms with Crippen molar-refractivity contribution in [1.82, 2.24) is 0 Å². The molecule has 0 aromatic heterocycles. The predicted octanol–water partition coefficient (Wildman–Crippen LogP) is 5.52. The summed E-state index contributed by atoms with van der Waals surface area (Å²) in [4.78, 5) is 16.7. The van der Waals surface area contributed by atoms with Crippen LogP contribution in [0.4, 0.5) is 0 Å². The Labute approximate surface area is 195 Å². The third kappa shape index (κ3) is 7.48. The Morgan fingerprint density at radius 2 is 2.22 bits per heavy atom. The second kappa shape index (κ2) is 12.2. The lowest BCUT2D eigenvalue weighted by molar-refractivity contribution is -0.115. The van der Waals surface area contributed by atoms with Gasteiger partial charge in [-0.1, -0.05) is 56.6 Å². The van der Waals surface area contributed by atoms with Gasteiger partial charge in [-0.2, -0.15) is 0 Å². The highest BCUT2D eigenvalue weighted by atomic mass is 16.5. The Morgan fingerprint density at radius 3 is 2.88 bits per heavy atom. The number of aliphatic hydroxyl groups excluding tert-OH is 1. The van der Waals surface area contributed by atoms with E-state index >= 15 is 0 Å². The van der Waals surface area contributed by atoms with Crippen molar-refractivity contribution < 1.29 is 14.6 Å². The lowest BCUT2D eigenvalue weighted by Crippen LogP contribution is -2.27. The highest BCUT2D eigenvalue weighted by molar-refractivity contribution is 6.46. The smallest absolute Gasteiger partial charge is 0.184 e. The molecule has 0 amide bonds. The summed E-state index contributed by atoms with van der Waals surface area (Å²) in [6.45, 7) is 12.9. The molecule has 1 heterocycles. The fourth-order valence-electron chi connectivity index (χ4n) is 4.47. The van der Waals surface area contributed by atoms with Gasteiger partial charge >= 0.3 is 0 Å². The van der Waals surface area contributed by atoms with Gasteiger partial charge in [0, 0.05) is 23.6 Å². The minimum absolute atomic E-state index is 0.0603. The molecule has 32 heavy (non-hydrogen) atoms. The topological polar surface area (TPSA) is 58.9 Å². The summed E-state index contributed by atoms with van der Waals surface area (Å²) in [7, 11) is 3.56. The van der Waals surface area contributed by atoms with E-state index in [0.29, 0.717) is 18.1 Å². The first-order chi connectivity index (χ1) is 15.2. The number of ketones is 1. The lowest BCUT2D eigenvalue weighted by atomic mass is 9.65. The molecule has 2 atom stereocenters. The molecule has 173 valence electrons. The zero-order valence-electron chi connectivity index (χ0n) is 20.5. The predicted molar refractivity (Wildman–Crippen MR) is 135 cm³/mol. The van der Waals surface area contributed by atoms with Crippen LogP contribution in [0.15, 0.2) is 64.3 Å². The average molecular weight is 436 g/mol. The van der Waals surface area contributed by atoms with E-state index in [-0.39, 0.29) is 23.7 Å². The number of carbonyl (C=O) groups is 1. The fourth-order valence-corrected chi connectivity index (χ4v) is 4.47. The van der Waals surface area contributed by atoms with Crippen LogP contribution in [0.25, 0.3) is 0 Å². The molecule has 1 radical (unpaired) electrons. The van der Waals surface area contributed by atoms with Crippen LogP contribution >= 0.6 is 0 Å². The van der Waals surface area contributed by atoms with E-state index in [1.54, 1.807) is 7.11 Å². The van der Waals surface area contributed by atoms with Gasteiger partial charge in [0.15, 0.2) is 13.1 Å². The van der Waals surface area contributed by atoms with Crippen molar-refractivity contribution in [3.05, 3.63) is 59.3 Å². The molecular weight excluding hydrogens is 397 g/mol. The first-order valence-electron chi connectivity index (χ1n) is 11.7. The number of hydrogen-bond donors (Lipinski definition) is 1. The standard InChI is InChI=1S/C27H39BNO3/c1-7-21(24-16-23(31)13-14-27(24,4)5)12-11-19(2)9-8-10-20(3)29-26-15-22(18-30)25(32-6)17-28-26/h8,10,15-17,21,26,30H,2,7,9,11-14,18H2,1,3-6H3/b10-8-,29-20?. The van der Waals surface area contributed by atoms with Gasteiger partial charge in [-0.3, -0.25) is 9.79 Å². The number of ether oxygens (including phenoxy) is 1. The maximum absolute atomic E-state index is 12.0. The van der Waals surface area contributed by atoms with Gasteiger partial charge in [-0.15, -0.1) is 0 Å². The quantitative estimate of drug-likeness (QED) is 0.264. The molecule has 1 aliphatic carbocycles. The number of aliphatic imine (C=N–C) groups is 1.